The fraction of sp³-hybridized carbons (Fsp3) is 0.545. The van der Waals surface area contributed by atoms with Gasteiger partial charge in [-0.1, -0.05) is 0 Å². The molecule has 1 aliphatic heterocycles. The van der Waals surface area contributed by atoms with E-state index in [0.29, 0.717) is 12.2 Å². The molecule has 0 radical (unpaired) electrons. The van der Waals surface area contributed by atoms with Crippen LogP contribution in [0.15, 0.2) is 18.3 Å². The van der Waals surface area contributed by atoms with Crippen molar-refractivity contribution in [3.05, 3.63) is 24.0 Å². The van der Waals surface area contributed by atoms with E-state index < -0.39 is 0 Å². The maximum atomic E-state index is 11.6. The van der Waals surface area contributed by atoms with Gasteiger partial charge in [-0.15, -0.1) is 12.4 Å². The van der Waals surface area contributed by atoms with Crippen LogP contribution < -0.4 is 5.32 Å². The number of hydrogen-bond donors (Lipinski definition) is 2. The first-order chi connectivity index (χ1) is 7.86. The Morgan fingerprint density at radius 1 is 1.47 bits per heavy atom. The number of rotatable bonds is 4. The van der Waals surface area contributed by atoms with E-state index in [1.54, 1.807) is 12.3 Å². The largest absolute Gasteiger partial charge is 0.379 e. The highest BCUT2D eigenvalue weighted by molar-refractivity contribution is 5.92. The first-order valence-electron chi connectivity index (χ1n) is 5.58. The molecule has 96 valence electrons. The van der Waals surface area contributed by atoms with E-state index in [9.17, 15) is 4.79 Å². The lowest BCUT2D eigenvalue weighted by Gasteiger charge is -2.26. The highest BCUT2D eigenvalue weighted by Crippen LogP contribution is 1.96. The van der Waals surface area contributed by atoms with E-state index >= 15 is 0 Å². The van der Waals surface area contributed by atoms with Crippen LogP contribution in [-0.2, 0) is 4.74 Å². The molecule has 2 heterocycles. The molecule has 1 aromatic rings. The number of carbonyl (C=O) groups is 1. The Bertz CT molecular complexity index is 323. The Kier molecular flexibility index (Phi) is 6.04. The van der Waals surface area contributed by atoms with Crippen molar-refractivity contribution in [2.45, 2.75) is 0 Å². The molecule has 0 atom stereocenters. The Hall–Kier alpha value is -1.04. The maximum absolute atomic E-state index is 11.6. The number of amides is 1. The average Bonchev–Trinajstić information content (AvgIpc) is 2.84. The summed E-state index contributed by atoms with van der Waals surface area (Å²) < 4.78 is 5.25. The van der Waals surface area contributed by atoms with Crippen LogP contribution in [0.5, 0.6) is 0 Å². The van der Waals surface area contributed by atoms with E-state index in [1.807, 2.05) is 6.07 Å². The quantitative estimate of drug-likeness (QED) is 0.828. The van der Waals surface area contributed by atoms with Crippen molar-refractivity contribution < 1.29 is 9.53 Å². The molecule has 0 aliphatic carbocycles. The number of nitrogens with one attached hydrogen (secondary N) is 2. The second-order valence-corrected chi connectivity index (χ2v) is 3.79. The Morgan fingerprint density at radius 3 is 2.88 bits per heavy atom. The van der Waals surface area contributed by atoms with Gasteiger partial charge >= 0.3 is 0 Å². The lowest BCUT2D eigenvalue weighted by molar-refractivity contribution is 0.0383. The number of ether oxygens (including phenoxy) is 1. The van der Waals surface area contributed by atoms with Crippen LogP contribution in [0.4, 0.5) is 0 Å². The van der Waals surface area contributed by atoms with Gasteiger partial charge < -0.3 is 15.0 Å². The highest BCUT2D eigenvalue weighted by Gasteiger charge is 2.10. The molecule has 1 saturated heterocycles. The molecule has 0 unspecified atom stereocenters. The minimum absolute atomic E-state index is 0. The van der Waals surface area contributed by atoms with Crippen LogP contribution in [-0.4, -0.2) is 55.2 Å². The fourth-order valence-corrected chi connectivity index (χ4v) is 1.72. The van der Waals surface area contributed by atoms with Crippen LogP contribution in [0.25, 0.3) is 0 Å². The predicted molar refractivity (Wildman–Crippen MR) is 67.6 cm³/mol. The lowest BCUT2D eigenvalue weighted by atomic mass is 10.4. The predicted octanol–water partition coefficient (Wildman–Crippen LogP) is 0.498. The van der Waals surface area contributed by atoms with Crippen LogP contribution in [0.2, 0.25) is 0 Å². The number of aromatic amines is 1. The molecular formula is C11H18ClN3O2. The lowest BCUT2D eigenvalue weighted by Crippen LogP contribution is -2.41. The smallest absolute Gasteiger partial charge is 0.267 e. The summed E-state index contributed by atoms with van der Waals surface area (Å²) in [5, 5.41) is 2.88. The molecule has 2 rings (SSSR count). The van der Waals surface area contributed by atoms with E-state index in [-0.39, 0.29) is 18.3 Å². The molecule has 1 aliphatic rings. The van der Waals surface area contributed by atoms with Gasteiger partial charge in [-0.25, -0.2) is 0 Å². The number of H-pyrrole nitrogens is 1. The zero-order valence-electron chi connectivity index (χ0n) is 9.65. The number of carbonyl (C=O) groups excluding carboxylic acids is 1. The van der Waals surface area contributed by atoms with Gasteiger partial charge in [-0.05, 0) is 12.1 Å². The third kappa shape index (κ3) is 4.38. The van der Waals surface area contributed by atoms with Gasteiger partial charge in [0.05, 0.1) is 13.2 Å². The summed E-state index contributed by atoms with van der Waals surface area (Å²) in [5.41, 5.74) is 0.613. The number of aromatic nitrogens is 1. The summed E-state index contributed by atoms with van der Waals surface area (Å²) in [5.74, 6) is -0.0433. The minimum atomic E-state index is -0.0433. The molecule has 6 heteroatoms. The summed E-state index contributed by atoms with van der Waals surface area (Å²) >= 11 is 0. The van der Waals surface area contributed by atoms with Gasteiger partial charge in [0.15, 0.2) is 0 Å². The summed E-state index contributed by atoms with van der Waals surface area (Å²) in [4.78, 5) is 16.7. The monoisotopic (exact) mass is 259 g/mol. The van der Waals surface area contributed by atoms with Gasteiger partial charge in [0.2, 0.25) is 0 Å². The van der Waals surface area contributed by atoms with Gasteiger partial charge in [-0.2, -0.15) is 0 Å². The summed E-state index contributed by atoms with van der Waals surface area (Å²) in [7, 11) is 0. The molecule has 17 heavy (non-hydrogen) atoms. The zero-order chi connectivity index (χ0) is 11.2. The minimum Gasteiger partial charge on any atom is -0.379 e. The first kappa shape index (κ1) is 14.0. The van der Waals surface area contributed by atoms with Gasteiger partial charge in [0.25, 0.3) is 5.91 Å². The highest BCUT2D eigenvalue weighted by atomic mass is 35.5. The number of nitrogens with zero attached hydrogens (tertiary/aromatic N) is 1. The Morgan fingerprint density at radius 2 is 2.24 bits per heavy atom. The number of hydrogen-bond acceptors (Lipinski definition) is 3. The SMILES string of the molecule is Cl.O=C(NCCN1CCOCC1)c1ccc[nH]1. The van der Waals surface area contributed by atoms with Gasteiger partial charge in [0.1, 0.15) is 5.69 Å². The molecule has 0 spiro atoms. The topological polar surface area (TPSA) is 57.4 Å². The van der Waals surface area contributed by atoms with Crippen LogP contribution in [0, 0.1) is 0 Å². The van der Waals surface area contributed by atoms with Gasteiger partial charge in [0, 0.05) is 32.4 Å². The van der Waals surface area contributed by atoms with Crippen LogP contribution in [0.1, 0.15) is 10.5 Å². The second kappa shape index (κ2) is 7.32. The standard InChI is InChI=1S/C11H17N3O2.ClH/c15-11(10-2-1-3-12-10)13-4-5-14-6-8-16-9-7-14;/h1-3,12H,4-9H2,(H,13,15);1H. The van der Waals surface area contributed by atoms with E-state index in [4.69, 9.17) is 4.74 Å². The van der Waals surface area contributed by atoms with Crippen LogP contribution in [0.3, 0.4) is 0 Å². The van der Waals surface area contributed by atoms with Crippen molar-refractivity contribution in [1.29, 1.82) is 0 Å². The van der Waals surface area contributed by atoms with Crippen molar-refractivity contribution in [3.63, 3.8) is 0 Å². The van der Waals surface area contributed by atoms with Crippen molar-refractivity contribution in [2.75, 3.05) is 39.4 Å². The summed E-state index contributed by atoms with van der Waals surface area (Å²) in [6, 6.07) is 3.58. The molecule has 1 aromatic heterocycles. The average molecular weight is 260 g/mol. The molecule has 1 amide bonds. The zero-order valence-corrected chi connectivity index (χ0v) is 10.5. The normalized spacial score (nSPS) is 16.2. The molecule has 0 saturated carbocycles. The molecule has 1 fully saturated rings. The fourth-order valence-electron chi connectivity index (χ4n) is 1.72. The third-order valence-corrected chi connectivity index (χ3v) is 2.66. The Balaban J connectivity index is 0.00000144. The second-order valence-electron chi connectivity index (χ2n) is 3.79. The molecule has 0 aromatic carbocycles. The number of halogens is 1. The van der Waals surface area contributed by atoms with E-state index in [2.05, 4.69) is 15.2 Å². The molecule has 2 N–H and O–H groups in total. The Labute approximate surface area is 107 Å². The van der Waals surface area contributed by atoms with Gasteiger partial charge in [-0.3, -0.25) is 9.69 Å². The molecule has 0 bridgehead atoms. The number of morpholine rings is 1. The first-order valence-corrected chi connectivity index (χ1v) is 5.58. The molecular weight excluding hydrogens is 242 g/mol. The maximum Gasteiger partial charge on any atom is 0.267 e. The van der Waals surface area contributed by atoms with Crippen molar-refractivity contribution >= 4 is 18.3 Å². The molecule has 5 nitrogen and oxygen atoms in total. The van der Waals surface area contributed by atoms with Crippen molar-refractivity contribution in [2.24, 2.45) is 0 Å². The van der Waals surface area contributed by atoms with Crippen molar-refractivity contribution in [3.8, 4) is 0 Å². The summed E-state index contributed by atoms with van der Waals surface area (Å²) in [6.07, 6.45) is 1.75. The summed E-state index contributed by atoms with van der Waals surface area (Å²) in [6.45, 7) is 5.07. The van der Waals surface area contributed by atoms with Crippen molar-refractivity contribution in [1.82, 2.24) is 15.2 Å². The van der Waals surface area contributed by atoms with E-state index in [0.717, 1.165) is 32.8 Å². The van der Waals surface area contributed by atoms with Crippen LogP contribution >= 0.6 is 12.4 Å². The third-order valence-electron chi connectivity index (χ3n) is 2.66. The van der Waals surface area contributed by atoms with E-state index in [1.165, 1.54) is 0 Å².